The van der Waals surface area contributed by atoms with Gasteiger partial charge in [0.05, 0.1) is 33.3 Å². The molecule has 10 heteroatoms. The number of nitrogens with zero attached hydrogens (tertiary/aromatic N) is 1. The SMILES string of the molecule is COC(=O)[C@H]1[C@H]2C[C@@H]3c4[nH]c5cc(OC)ccc5c4CCN3C[C@H]2C[C@@H](OC(=O)/C=C/c2ccc(OC)c(O)c2)[C@@H]1OC. The van der Waals surface area contributed by atoms with Gasteiger partial charge in [-0.25, -0.2) is 4.79 Å². The predicted molar refractivity (Wildman–Crippen MR) is 159 cm³/mol. The zero-order valence-corrected chi connectivity index (χ0v) is 24.9. The minimum absolute atomic E-state index is 0.00156. The molecule has 2 N–H and O–H groups in total. The molecule has 228 valence electrons. The van der Waals surface area contributed by atoms with Crippen molar-refractivity contribution < 1.29 is 38.4 Å². The lowest BCUT2D eigenvalue weighted by Crippen LogP contribution is -2.58. The first-order valence-electron chi connectivity index (χ1n) is 14.6. The number of phenols is 1. The average Bonchev–Trinajstić information content (AvgIpc) is 3.40. The van der Waals surface area contributed by atoms with Gasteiger partial charge in [-0.3, -0.25) is 9.69 Å². The summed E-state index contributed by atoms with van der Waals surface area (Å²) in [7, 11) is 6.09. The molecule has 0 unspecified atom stereocenters. The number of benzene rings is 2. The van der Waals surface area contributed by atoms with Crippen LogP contribution in [-0.4, -0.2) is 80.7 Å². The Kier molecular flexibility index (Phi) is 8.07. The summed E-state index contributed by atoms with van der Waals surface area (Å²) in [5.74, 6) is -0.221. The maximum atomic E-state index is 13.3. The van der Waals surface area contributed by atoms with Crippen molar-refractivity contribution in [1.29, 1.82) is 0 Å². The van der Waals surface area contributed by atoms with Crippen LogP contribution >= 0.6 is 0 Å². The monoisotopic (exact) mass is 590 g/mol. The lowest BCUT2D eigenvalue weighted by molar-refractivity contribution is -0.187. The van der Waals surface area contributed by atoms with E-state index in [4.69, 9.17) is 23.7 Å². The van der Waals surface area contributed by atoms with Gasteiger partial charge in [-0.2, -0.15) is 0 Å². The molecule has 0 spiro atoms. The first-order valence-corrected chi connectivity index (χ1v) is 14.6. The zero-order chi connectivity index (χ0) is 30.2. The van der Waals surface area contributed by atoms with E-state index in [0.717, 1.165) is 37.2 Å². The third-order valence-corrected chi connectivity index (χ3v) is 9.48. The number of phenolic OH excluding ortho intramolecular Hbond substituents is 1. The van der Waals surface area contributed by atoms with E-state index in [1.165, 1.54) is 43.0 Å². The van der Waals surface area contributed by atoms with Crippen molar-refractivity contribution in [3.63, 3.8) is 0 Å². The molecule has 1 saturated heterocycles. The van der Waals surface area contributed by atoms with Crippen LogP contribution in [0.15, 0.2) is 42.5 Å². The molecule has 6 rings (SSSR count). The maximum absolute atomic E-state index is 13.3. The van der Waals surface area contributed by atoms with Crippen LogP contribution in [0, 0.1) is 17.8 Å². The molecule has 1 aromatic heterocycles. The van der Waals surface area contributed by atoms with Crippen LogP contribution in [-0.2, 0) is 30.2 Å². The molecular weight excluding hydrogens is 552 g/mol. The fourth-order valence-electron chi connectivity index (χ4n) is 7.52. The summed E-state index contributed by atoms with van der Waals surface area (Å²) in [6.07, 6.45) is 3.91. The quantitative estimate of drug-likeness (QED) is 0.307. The van der Waals surface area contributed by atoms with Gasteiger partial charge in [0.1, 0.15) is 18.0 Å². The Morgan fingerprint density at radius 1 is 1.05 bits per heavy atom. The summed E-state index contributed by atoms with van der Waals surface area (Å²) in [5.41, 5.74) is 4.21. The van der Waals surface area contributed by atoms with Gasteiger partial charge in [-0.05, 0) is 72.6 Å². The van der Waals surface area contributed by atoms with Crippen molar-refractivity contribution in [3.8, 4) is 17.2 Å². The average molecular weight is 591 g/mol. The third kappa shape index (κ3) is 5.34. The highest BCUT2D eigenvalue weighted by atomic mass is 16.6. The van der Waals surface area contributed by atoms with Gasteiger partial charge >= 0.3 is 11.9 Å². The second kappa shape index (κ2) is 11.9. The third-order valence-electron chi connectivity index (χ3n) is 9.48. The number of ether oxygens (including phenoxy) is 5. The normalized spacial score (nSPS) is 26.8. The van der Waals surface area contributed by atoms with Crippen molar-refractivity contribution in [3.05, 3.63) is 59.3 Å². The van der Waals surface area contributed by atoms with Gasteiger partial charge in [0, 0.05) is 48.9 Å². The summed E-state index contributed by atoms with van der Waals surface area (Å²) in [6.45, 7) is 1.70. The van der Waals surface area contributed by atoms with E-state index >= 15 is 0 Å². The molecule has 0 amide bonds. The van der Waals surface area contributed by atoms with Crippen LogP contribution in [0.5, 0.6) is 17.2 Å². The van der Waals surface area contributed by atoms with Crippen LogP contribution < -0.4 is 9.47 Å². The number of piperidine rings is 1. The number of carbonyl (C=O) groups is 2. The van der Waals surface area contributed by atoms with Crippen molar-refractivity contribution in [2.75, 3.05) is 41.5 Å². The fourth-order valence-corrected chi connectivity index (χ4v) is 7.52. The Hall–Kier alpha value is -4.02. The highest BCUT2D eigenvalue weighted by Gasteiger charge is 2.54. The van der Waals surface area contributed by atoms with Crippen molar-refractivity contribution >= 4 is 28.9 Å². The van der Waals surface area contributed by atoms with E-state index in [9.17, 15) is 14.7 Å². The van der Waals surface area contributed by atoms with Gasteiger partial charge < -0.3 is 33.8 Å². The molecular formula is C33H38N2O8. The van der Waals surface area contributed by atoms with Gasteiger partial charge in [0.15, 0.2) is 11.5 Å². The molecule has 0 bridgehead atoms. The highest BCUT2D eigenvalue weighted by Crippen LogP contribution is 2.50. The van der Waals surface area contributed by atoms with Crippen molar-refractivity contribution in [2.45, 2.75) is 37.5 Å². The molecule has 3 aromatic rings. The minimum atomic E-state index is -0.641. The largest absolute Gasteiger partial charge is 0.504 e. The highest BCUT2D eigenvalue weighted by molar-refractivity contribution is 5.88. The van der Waals surface area contributed by atoms with E-state index in [0.29, 0.717) is 17.7 Å². The maximum Gasteiger partial charge on any atom is 0.331 e. The number of nitrogens with one attached hydrogen (secondary N) is 1. The van der Waals surface area contributed by atoms with E-state index in [1.807, 2.05) is 12.1 Å². The summed E-state index contributed by atoms with van der Waals surface area (Å²) in [5, 5.41) is 11.3. The number of hydrogen-bond acceptors (Lipinski definition) is 9. The van der Waals surface area contributed by atoms with Gasteiger partial charge in [-0.1, -0.05) is 6.07 Å². The molecule has 43 heavy (non-hydrogen) atoms. The molecule has 10 nitrogen and oxygen atoms in total. The van der Waals surface area contributed by atoms with Crippen LogP contribution in [0.1, 0.15) is 35.7 Å². The Morgan fingerprint density at radius 2 is 1.88 bits per heavy atom. The molecule has 0 radical (unpaired) electrons. The van der Waals surface area contributed by atoms with E-state index in [-0.39, 0.29) is 29.6 Å². The number of aromatic hydroxyl groups is 1. The summed E-state index contributed by atoms with van der Waals surface area (Å²) >= 11 is 0. The molecule has 3 heterocycles. The number of esters is 2. The lowest BCUT2D eigenvalue weighted by atomic mass is 9.63. The second-order valence-electron chi connectivity index (χ2n) is 11.6. The Labute approximate surface area is 250 Å². The molecule has 3 aliphatic rings. The smallest absolute Gasteiger partial charge is 0.331 e. The number of hydrogen-bond donors (Lipinski definition) is 2. The van der Waals surface area contributed by atoms with Crippen LogP contribution in [0.3, 0.4) is 0 Å². The summed E-state index contributed by atoms with van der Waals surface area (Å²) in [4.78, 5) is 32.4. The number of fused-ring (bicyclic) bond motifs is 6. The van der Waals surface area contributed by atoms with E-state index in [2.05, 4.69) is 16.0 Å². The Balaban J connectivity index is 1.24. The summed E-state index contributed by atoms with van der Waals surface area (Å²) in [6, 6.07) is 11.1. The lowest BCUT2D eigenvalue weighted by Gasteiger charge is -2.52. The predicted octanol–water partition coefficient (Wildman–Crippen LogP) is 4.26. The van der Waals surface area contributed by atoms with Gasteiger partial charge in [0.2, 0.25) is 0 Å². The van der Waals surface area contributed by atoms with Crippen LogP contribution in [0.25, 0.3) is 17.0 Å². The summed E-state index contributed by atoms with van der Waals surface area (Å²) < 4.78 is 27.6. The number of H-pyrrole nitrogens is 1. The topological polar surface area (TPSA) is 120 Å². The van der Waals surface area contributed by atoms with E-state index < -0.39 is 24.1 Å². The van der Waals surface area contributed by atoms with E-state index in [1.54, 1.807) is 32.4 Å². The zero-order valence-electron chi connectivity index (χ0n) is 24.9. The number of aromatic nitrogens is 1. The molecule has 2 aliphatic heterocycles. The van der Waals surface area contributed by atoms with Gasteiger partial charge in [-0.15, -0.1) is 0 Å². The van der Waals surface area contributed by atoms with Crippen LogP contribution in [0.2, 0.25) is 0 Å². The Bertz CT molecular complexity index is 1550. The molecule has 6 atom stereocenters. The van der Waals surface area contributed by atoms with Gasteiger partial charge in [0.25, 0.3) is 0 Å². The second-order valence-corrected chi connectivity index (χ2v) is 11.6. The van der Waals surface area contributed by atoms with Crippen molar-refractivity contribution in [2.24, 2.45) is 17.8 Å². The fraction of sp³-hybridized carbons (Fsp3) is 0.455. The number of methoxy groups -OCH3 is 4. The number of aromatic amines is 1. The molecule has 2 aromatic carbocycles. The number of rotatable bonds is 7. The van der Waals surface area contributed by atoms with Crippen molar-refractivity contribution in [1.82, 2.24) is 9.88 Å². The molecule has 2 fully saturated rings. The molecule has 1 saturated carbocycles. The molecule has 1 aliphatic carbocycles. The minimum Gasteiger partial charge on any atom is -0.504 e. The first-order chi connectivity index (χ1) is 20.8. The number of carbonyl (C=O) groups excluding carboxylic acids is 2. The first kappa shape index (κ1) is 29.1. The van der Waals surface area contributed by atoms with Crippen LogP contribution in [0.4, 0.5) is 0 Å². The standard InChI is InChI=1S/C33H38N2O8/c1-39-20-7-8-21-22-11-12-35-17-19-14-28(43-29(37)10-6-18-5-9-27(40-2)26(36)13-18)32(41-3)30(33(38)42-4)23(19)16-25(35)31(22)34-24(21)15-20/h5-10,13,15,19,23,25,28,30,32,34,36H,11-12,14,16-17H2,1-4H3/b10-6+/t19-,23+,25-,28-,30+,32+/m1/s1. The Morgan fingerprint density at radius 3 is 2.60 bits per heavy atom.